The Morgan fingerprint density at radius 2 is 1.78 bits per heavy atom. The quantitative estimate of drug-likeness (QED) is 0.279. The number of carbonyl (C=O) groups excluding carboxylic acids is 2. The van der Waals surface area contributed by atoms with Gasteiger partial charge in [-0.1, -0.05) is 18.2 Å². The van der Waals surface area contributed by atoms with Gasteiger partial charge in [-0.15, -0.1) is 0 Å². The van der Waals surface area contributed by atoms with Crippen molar-refractivity contribution in [3.05, 3.63) is 94.6 Å². The largest absolute Gasteiger partial charge is 0.507 e. The average Bonchev–Trinajstić information content (AvgIpc) is 3.38. The minimum absolute atomic E-state index is 0.0433. The molecule has 1 saturated heterocycles. The van der Waals surface area contributed by atoms with Crippen LogP contribution in [0.15, 0.2) is 72.3 Å². The van der Waals surface area contributed by atoms with E-state index in [1.165, 1.54) is 19.2 Å². The highest BCUT2D eigenvalue weighted by atomic mass is 19.4. The Hall–Kier alpha value is -4.27. The minimum atomic E-state index is -4.65. The van der Waals surface area contributed by atoms with Crippen LogP contribution in [-0.4, -0.2) is 30.0 Å². The minimum Gasteiger partial charge on any atom is -0.507 e. The molecule has 2 aliphatic rings. The number of rotatable bonds is 4. The fraction of sp³-hybridized carbons (Fsp3) is 0.214. The molecule has 1 amide bonds. The van der Waals surface area contributed by atoms with Gasteiger partial charge in [0.1, 0.15) is 23.4 Å². The molecule has 3 aromatic rings. The highest BCUT2D eigenvalue weighted by Gasteiger charge is 2.47. The van der Waals surface area contributed by atoms with Gasteiger partial charge >= 0.3 is 6.18 Å². The molecular weight excluding hydrogens is 487 g/mol. The van der Waals surface area contributed by atoms with Gasteiger partial charge in [0.25, 0.3) is 11.7 Å². The van der Waals surface area contributed by atoms with Crippen molar-refractivity contribution in [3.8, 4) is 11.5 Å². The summed E-state index contributed by atoms with van der Waals surface area (Å²) in [7, 11) is 1.47. The molecule has 2 atom stereocenters. The number of amides is 1. The van der Waals surface area contributed by atoms with E-state index in [1.54, 1.807) is 42.5 Å². The SMILES string of the molecule is COc1ccc(C2/C(=C(/O)c3ccc4c(c3)CC(C)O4)C(=O)C(=O)N2c2cccc(C(F)(F)F)c2)cc1. The maximum absolute atomic E-state index is 13.5. The second-order valence-electron chi connectivity index (χ2n) is 8.95. The van der Waals surface area contributed by atoms with Gasteiger partial charge in [0.05, 0.1) is 24.3 Å². The molecule has 0 radical (unpaired) electrons. The number of nitrogens with zero attached hydrogens (tertiary/aromatic N) is 1. The van der Waals surface area contributed by atoms with Crippen molar-refractivity contribution in [1.82, 2.24) is 0 Å². The monoisotopic (exact) mass is 509 g/mol. The third-order valence-corrected chi connectivity index (χ3v) is 6.50. The molecule has 0 aromatic heterocycles. The van der Waals surface area contributed by atoms with Crippen LogP contribution in [0.25, 0.3) is 5.76 Å². The molecule has 2 aliphatic heterocycles. The van der Waals surface area contributed by atoms with Crippen molar-refractivity contribution in [2.45, 2.75) is 31.7 Å². The van der Waals surface area contributed by atoms with E-state index in [0.29, 0.717) is 29.0 Å². The zero-order valence-electron chi connectivity index (χ0n) is 19.9. The van der Waals surface area contributed by atoms with Crippen LogP contribution in [0.2, 0.25) is 0 Å². The van der Waals surface area contributed by atoms with Crippen molar-refractivity contribution in [1.29, 1.82) is 0 Å². The Labute approximate surface area is 210 Å². The lowest BCUT2D eigenvalue weighted by Gasteiger charge is -2.26. The second kappa shape index (κ2) is 8.99. The van der Waals surface area contributed by atoms with E-state index in [0.717, 1.165) is 22.6 Å². The number of benzene rings is 3. The molecule has 1 fully saturated rings. The summed E-state index contributed by atoms with van der Waals surface area (Å²) in [5.41, 5.74) is 0.249. The summed E-state index contributed by atoms with van der Waals surface area (Å²) in [5.74, 6) is -1.29. The number of ketones is 1. The van der Waals surface area contributed by atoms with E-state index in [-0.39, 0.29) is 17.4 Å². The second-order valence-corrected chi connectivity index (χ2v) is 8.95. The molecule has 5 rings (SSSR count). The summed E-state index contributed by atoms with van der Waals surface area (Å²) in [6.45, 7) is 1.91. The Balaban J connectivity index is 1.69. The van der Waals surface area contributed by atoms with Crippen LogP contribution in [0.5, 0.6) is 11.5 Å². The lowest BCUT2D eigenvalue weighted by Crippen LogP contribution is -2.29. The van der Waals surface area contributed by atoms with Crippen molar-refractivity contribution in [2.75, 3.05) is 12.0 Å². The van der Waals surface area contributed by atoms with Gasteiger partial charge in [0, 0.05) is 17.7 Å². The fourth-order valence-electron chi connectivity index (χ4n) is 4.76. The van der Waals surface area contributed by atoms with Crippen LogP contribution in [0.1, 0.15) is 35.2 Å². The molecule has 37 heavy (non-hydrogen) atoms. The molecule has 0 bridgehead atoms. The van der Waals surface area contributed by atoms with E-state index in [1.807, 2.05) is 6.92 Å². The Bertz CT molecular complexity index is 1430. The number of hydrogen-bond acceptors (Lipinski definition) is 5. The lowest BCUT2D eigenvalue weighted by molar-refractivity contribution is -0.137. The zero-order valence-corrected chi connectivity index (χ0v) is 19.9. The van der Waals surface area contributed by atoms with Crippen molar-refractivity contribution < 1.29 is 37.3 Å². The van der Waals surface area contributed by atoms with Crippen LogP contribution < -0.4 is 14.4 Å². The number of aliphatic hydroxyl groups is 1. The number of anilines is 1. The van der Waals surface area contributed by atoms with E-state index < -0.39 is 35.2 Å². The number of carbonyl (C=O) groups is 2. The number of ether oxygens (including phenoxy) is 2. The molecule has 2 heterocycles. The molecule has 0 aliphatic carbocycles. The molecule has 3 aromatic carbocycles. The fourth-order valence-corrected chi connectivity index (χ4v) is 4.76. The molecule has 0 spiro atoms. The number of methoxy groups -OCH3 is 1. The summed E-state index contributed by atoms with van der Waals surface area (Å²) < 4.78 is 51.2. The van der Waals surface area contributed by atoms with Crippen LogP contribution in [0.4, 0.5) is 18.9 Å². The maximum atomic E-state index is 13.5. The van der Waals surface area contributed by atoms with Gasteiger partial charge in [-0.3, -0.25) is 14.5 Å². The predicted molar refractivity (Wildman–Crippen MR) is 129 cm³/mol. The van der Waals surface area contributed by atoms with E-state index >= 15 is 0 Å². The van der Waals surface area contributed by atoms with Gasteiger partial charge < -0.3 is 14.6 Å². The van der Waals surface area contributed by atoms with Gasteiger partial charge in [-0.05, 0) is 66.6 Å². The molecule has 190 valence electrons. The first-order chi connectivity index (χ1) is 17.6. The molecule has 2 unspecified atom stereocenters. The lowest BCUT2D eigenvalue weighted by atomic mass is 9.94. The molecule has 9 heteroatoms. The van der Waals surface area contributed by atoms with Crippen molar-refractivity contribution in [3.63, 3.8) is 0 Å². The highest BCUT2D eigenvalue weighted by molar-refractivity contribution is 6.51. The average molecular weight is 509 g/mol. The molecular formula is C28H22F3NO5. The van der Waals surface area contributed by atoms with Crippen LogP contribution in [-0.2, 0) is 22.2 Å². The number of aliphatic hydroxyl groups excluding tert-OH is 1. The van der Waals surface area contributed by atoms with Gasteiger partial charge in [-0.25, -0.2) is 0 Å². The standard InChI is InChI=1S/C28H22F3NO5/c1-15-12-18-13-17(8-11-22(18)37-15)25(33)23-24(16-6-9-21(36-2)10-7-16)32(27(35)26(23)34)20-5-3-4-19(14-20)28(29,30)31/h3-11,13-15,24,33H,12H2,1-2H3/b25-23-. The number of fused-ring (bicyclic) bond motifs is 1. The normalized spacial score (nSPS) is 20.6. The number of alkyl halides is 3. The maximum Gasteiger partial charge on any atom is 0.416 e. The first-order valence-electron chi connectivity index (χ1n) is 11.5. The summed E-state index contributed by atoms with van der Waals surface area (Å²) >= 11 is 0. The van der Waals surface area contributed by atoms with Gasteiger partial charge in [0.15, 0.2) is 0 Å². The van der Waals surface area contributed by atoms with Gasteiger partial charge in [-0.2, -0.15) is 13.2 Å². The first kappa shape index (κ1) is 24.4. The first-order valence-corrected chi connectivity index (χ1v) is 11.5. The van der Waals surface area contributed by atoms with Gasteiger partial charge in [0.2, 0.25) is 0 Å². The van der Waals surface area contributed by atoms with E-state index in [2.05, 4.69) is 0 Å². The third-order valence-electron chi connectivity index (χ3n) is 6.50. The number of Topliss-reactive ketones (excluding diaryl/α,β-unsaturated/α-hetero) is 1. The summed E-state index contributed by atoms with van der Waals surface area (Å²) in [6, 6.07) is 14.4. The summed E-state index contributed by atoms with van der Waals surface area (Å²) in [6.07, 6.45) is -4.09. The van der Waals surface area contributed by atoms with Crippen LogP contribution >= 0.6 is 0 Å². The molecule has 6 nitrogen and oxygen atoms in total. The Kier molecular flexibility index (Phi) is 5.94. The predicted octanol–water partition coefficient (Wildman–Crippen LogP) is 5.66. The number of halogens is 3. The Morgan fingerprint density at radius 1 is 1.05 bits per heavy atom. The summed E-state index contributed by atoms with van der Waals surface area (Å²) in [4.78, 5) is 27.5. The molecule has 1 N–H and O–H groups in total. The van der Waals surface area contributed by atoms with E-state index in [4.69, 9.17) is 9.47 Å². The molecule has 0 saturated carbocycles. The highest BCUT2D eigenvalue weighted by Crippen LogP contribution is 2.44. The van der Waals surface area contributed by atoms with Crippen molar-refractivity contribution in [2.24, 2.45) is 0 Å². The van der Waals surface area contributed by atoms with Crippen LogP contribution in [0, 0.1) is 0 Å². The smallest absolute Gasteiger partial charge is 0.416 e. The third kappa shape index (κ3) is 4.30. The van der Waals surface area contributed by atoms with E-state index in [9.17, 15) is 27.9 Å². The number of hydrogen-bond donors (Lipinski definition) is 1. The van der Waals surface area contributed by atoms with Crippen molar-refractivity contribution >= 4 is 23.1 Å². The van der Waals surface area contributed by atoms with Crippen LogP contribution in [0.3, 0.4) is 0 Å². The summed E-state index contributed by atoms with van der Waals surface area (Å²) in [5, 5.41) is 11.3. The topological polar surface area (TPSA) is 76.1 Å². The zero-order chi connectivity index (χ0) is 26.5. The Morgan fingerprint density at radius 3 is 2.46 bits per heavy atom.